The number of amides is 1. The third kappa shape index (κ3) is 2.83. The average molecular weight is 356 g/mol. The van der Waals surface area contributed by atoms with Crippen LogP contribution in [0.3, 0.4) is 0 Å². The Labute approximate surface area is 152 Å². The summed E-state index contributed by atoms with van der Waals surface area (Å²) in [5.74, 6) is 1.12. The maximum absolute atomic E-state index is 13.3. The fourth-order valence-electron chi connectivity index (χ4n) is 4.55. The second-order valence-corrected chi connectivity index (χ2v) is 8.25. The molecule has 0 unspecified atom stereocenters. The Balaban J connectivity index is 1.69. The second-order valence-electron chi connectivity index (χ2n) is 7.21. The van der Waals surface area contributed by atoms with Gasteiger partial charge >= 0.3 is 0 Å². The van der Waals surface area contributed by atoms with Crippen molar-refractivity contribution >= 4 is 22.4 Å². The van der Waals surface area contributed by atoms with Crippen LogP contribution in [-0.4, -0.2) is 34.9 Å². The maximum Gasteiger partial charge on any atom is 0.274 e. The number of nitrogen functional groups attached to an aromatic ring is 1. The summed E-state index contributed by atoms with van der Waals surface area (Å²) in [7, 11) is 0. The number of carbonyl (C=O) groups excluding carboxylic acids is 1. The Hall–Kier alpha value is -1.92. The van der Waals surface area contributed by atoms with E-state index in [1.54, 1.807) is 0 Å². The quantitative estimate of drug-likeness (QED) is 0.885. The van der Waals surface area contributed by atoms with Crippen molar-refractivity contribution in [2.75, 3.05) is 18.8 Å². The third-order valence-electron chi connectivity index (χ3n) is 5.67. The van der Waals surface area contributed by atoms with Gasteiger partial charge in [-0.2, -0.15) is 0 Å². The van der Waals surface area contributed by atoms with Crippen LogP contribution in [0.15, 0.2) is 24.3 Å². The monoisotopic (exact) mass is 356 g/mol. The van der Waals surface area contributed by atoms with Crippen LogP contribution in [0.4, 0.5) is 5.13 Å². The van der Waals surface area contributed by atoms with Gasteiger partial charge in [-0.15, -0.1) is 0 Å². The van der Waals surface area contributed by atoms with Crippen molar-refractivity contribution in [1.82, 2.24) is 9.88 Å². The highest BCUT2D eigenvalue weighted by atomic mass is 32.1. The maximum atomic E-state index is 13.3. The highest BCUT2D eigenvalue weighted by Gasteiger charge is 2.46. The molecule has 1 aromatic carbocycles. The van der Waals surface area contributed by atoms with E-state index in [-0.39, 0.29) is 11.9 Å². The SMILES string of the molecule is Cc1cccc(-c2sc(N)nc2C(=O)N2C[C@@H]3CCC[C@@H]3[C@H]2CN)c1. The number of thiazole rings is 1. The van der Waals surface area contributed by atoms with Gasteiger partial charge in [0, 0.05) is 19.1 Å². The number of carbonyl (C=O) groups is 1. The average Bonchev–Trinajstić information content (AvgIpc) is 3.27. The highest BCUT2D eigenvalue weighted by molar-refractivity contribution is 7.19. The molecule has 1 saturated carbocycles. The molecular formula is C19H24N4OS. The molecule has 0 bridgehead atoms. The number of nitrogens with zero attached hydrogens (tertiary/aromatic N) is 2. The van der Waals surface area contributed by atoms with Gasteiger partial charge in [-0.05, 0) is 37.2 Å². The van der Waals surface area contributed by atoms with E-state index in [4.69, 9.17) is 11.5 Å². The molecule has 2 aromatic rings. The zero-order chi connectivity index (χ0) is 17.6. The van der Waals surface area contributed by atoms with Gasteiger partial charge in [0.25, 0.3) is 5.91 Å². The first kappa shape index (κ1) is 16.5. The zero-order valence-electron chi connectivity index (χ0n) is 14.4. The first-order chi connectivity index (χ1) is 12.1. The minimum atomic E-state index is -0.0192. The predicted molar refractivity (Wildman–Crippen MR) is 101 cm³/mol. The van der Waals surface area contributed by atoms with E-state index in [0.717, 1.165) is 22.5 Å². The molecule has 1 amide bonds. The lowest BCUT2D eigenvalue weighted by molar-refractivity contribution is 0.0714. The fourth-order valence-corrected chi connectivity index (χ4v) is 5.37. The van der Waals surface area contributed by atoms with E-state index in [9.17, 15) is 4.79 Å². The Morgan fingerprint density at radius 2 is 2.24 bits per heavy atom. The van der Waals surface area contributed by atoms with E-state index in [1.807, 2.05) is 30.0 Å². The normalized spacial score (nSPS) is 25.4. The lowest BCUT2D eigenvalue weighted by Crippen LogP contribution is -2.43. The van der Waals surface area contributed by atoms with Crippen LogP contribution in [-0.2, 0) is 0 Å². The minimum absolute atomic E-state index is 0.0192. The molecule has 0 radical (unpaired) electrons. The van der Waals surface area contributed by atoms with Gasteiger partial charge in [-0.3, -0.25) is 4.79 Å². The summed E-state index contributed by atoms with van der Waals surface area (Å²) in [6.45, 7) is 3.36. The van der Waals surface area contributed by atoms with Crippen LogP contribution in [0.25, 0.3) is 10.4 Å². The number of likely N-dealkylation sites (tertiary alicyclic amines) is 1. The molecule has 6 heteroatoms. The zero-order valence-corrected chi connectivity index (χ0v) is 15.3. The molecule has 2 heterocycles. The van der Waals surface area contributed by atoms with Crippen LogP contribution < -0.4 is 11.5 Å². The number of anilines is 1. The van der Waals surface area contributed by atoms with Crippen molar-refractivity contribution in [3.05, 3.63) is 35.5 Å². The molecule has 1 aromatic heterocycles. The lowest BCUT2D eigenvalue weighted by atomic mass is 9.94. The van der Waals surface area contributed by atoms with Crippen LogP contribution >= 0.6 is 11.3 Å². The topological polar surface area (TPSA) is 85.2 Å². The number of rotatable bonds is 3. The van der Waals surface area contributed by atoms with E-state index < -0.39 is 0 Å². The number of benzene rings is 1. The number of aromatic nitrogens is 1. The van der Waals surface area contributed by atoms with Crippen molar-refractivity contribution in [3.8, 4) is 10.4 Å². The standard InChI is InChI=1S/C19H24N4OS/c1-11-4-2-5-12(8-11)17-16(22-19(21)25-17)18(24)23-10-13-6-3-7-14(13)15(23)9-20/h2,4-5,8,13-15H,3,6-7,9-10,20H2,1H3,(H2,21,22)/t13-,14-,15+/m0/s1. The van der Waals surface area contributed by atoms with E-state index >= 15 is 0 Å². The van der Waals surface area contributed by atoms with Crippen molar-refractivity contribution in [2.24, 2.45) is 17.6 Å². The van der Waals surface area contributed by atoms with E-state index in [2.05, 4.69) is 11.1 Å². The summed E-state index contributed by atoms with van der Waals surface area (Å²) in [5.41, 5.74) is 14.6. The van der Waals surface area contributed by atoms with Gasteiger partial charge in [0.15, 0.2) is 5.13 Å². The summed E-state index contributed by atoms with van der Waals surface area (Å²) in [4.78, 5) is 20.5. The minimum Gasteiger partial charge on any atom is -0.375 e. The van der Waals surface area contributed by atoms with Crippen LogP contribution in [0.2, 0.25) is 0 Å². The molecule has 25 heavy (non-hydrogen) atoms. The fraction of sp³-hybridized carbons (Fsp3) is 0.474. The van der Waals surface area contributed by atoms with Crippen molar-refractivity contribution in [1.29, 1.82) is 0 Å². The molecule has 4 N–H and O–H groups in total. The number of fused-ring (bicyclic) bond motifs is 1. The van der Waals surface area contributed by atoms with Crippen molar-refractivity contribution in [2.45, 2.75) is 32.2 Å². The molecule has 132 valence electrons. The number of hydrogen-bond acceptors (Lipinski definition) is 5. The predicted octanol–water partition coefficient (Wildman–Crippen LogP) is 2.90. The summed E-state index contributed by atoms with van der Waals surface area (Å²) in [6.07, 6.45) is 3.64. The smallest absolute Gasteiger partial charge is 0.274 e. The molecule has 0 spiro atoms. The van der Waals surface area contributed by atoms with Gasteiger partial charge in [0.2, 0.25) is 0 Å². The van der Waals surface area contributed by atoms with Gasteiger partial charge in [0.1, 0.15) is 5.69 Å². The molecule has 1 aliphatic carbocycles. The Morgan fingerprint density at radius 3 is 3.00 bits per heavy atom. The summed E-state index contributed by atoms with van der Waals surface area (Å²) in [5, 5.41) is 0.434. The molecule has 2 aliphatic rings. The molecule has 4 rings (SSSR count). The van der Waals surface area contributed by atoms with Gasteiger partial charge in [-0.25, -0.2) is 4.98 Å². The Morgan fingerprint density at radius 1 is 1.40 bits per heavy atom. The van der Waals surface area contributed by atoms with Gasteiger partial charge in [0.05, 0.1) is 4.88 Å². The summed E-state index contributed by atoms with van der Waals surface area (Å²) in [6, 6.07) is 8.26. The third-order valence-corrected chi connectivity index (χ3v) is 6.61. The molecule has 1 aliphatic heterocycles. The lowest BCUT2D eigenvalue weighted by Gasteiger charge is -2.26. The number of nitrogens with two attached hydrogens (primary N) is 2. The molecule has 1 saturated heterocycles. The van der Waals surface area contributed by atoms with Crippen LogP contribution in [0.1, 0.15) is 35.3 Å². The Kier molecular flexibility index (Phi) is 4.25. The molecule has 3 atom stereocenters. The first-order valence-corrected chi connectivity index (χ1v) is 9.74. The second kappa shape index (κ2) is 6.42. The van der Waals surface area contributed by atoms with E-state index in [0.29, 0.717) is 29.2 Å². The van der Waals surface area contributed by atoms with Crippen LogP contribution in [0, 0.1) is 18.8 Å². The summed E-state index contributed by atoms with van der Waals surface area (Å²) < 4.78 is 0. The highest BCUT2D eigenvalue weighted by Crippen LogP contribution is 2.43. The summed E-state index contributed by atoms with van der Waals surface area (Å²) >= 11 is 1.38. The van der Waals surface area contributed by atoms with Crippen LogP contribution in [0.5, 0.6) is 0 Å². The van der Waals surface area contributed by atoms with Crippen molar-refractivity contribution < 1.29 is 4.79 Å². The van der Waals surface area contributed by atoms with Gasteiger partial charge < -0.3 is 16.4 Å². The number of aryl methyl sites for hydroxylation is 1. The molecular weight excluding hydrogens is 332 g/mol. The first-order valence-electron chi connectivity index (χ1n) is 8.93. The van der Waals surface area contributed by atoms with Gasteiger partial charge in [-0.1, -0.05) is 47.6 Å². The molecule has 5 nitrogen and oxygen atoms in total. The number of hydrogen-bond donors (Lipinski definition) is 2. The van der Waals surface area contributed by atoms with E-state index in [1.165, 1.54) is 30.6 Å². The largest absolute Gasteiger partial charge is 0.375 e. The molecule has 2 fully saturated rings. The Bertz CT molecular complexity index is 802. The van der Waals surface area contributed by atoms with Crippen molar-refractivity contribution in [3.63, 3.8) is 0 Å².